The molecule has 0 spiro atoms. The minimum absolute atomic E-state index is 0.934. The average Bonchev–Trinajstić information content (AvgIpc) is 2.23. The number of halogens is 1. The van der Waals surface area contributed by atoms with Crippen LogP contribution in [0.15, 0.2) is 33.7 Å². The Bertz CT molecular complexity index is 334. The molecule has 2 nitrogen and oxygen atoms in total. The molecule has 1 aliphatic heterocycles. The van der Waals surface area contributed by atoms with Crippen molar-refractivity contribution in [3.05, 3.63) is 28.7 Å². The Hall–Kier alpha value is -0.480. The van der Waals surface area contributed by atoms with Gasteiger partial charge < -0.3 is 5.32 Å². The number of thioether (sulfide) groups is 1. The molecule has 0 radical (unpaired) electrons. The summed E-state index contributed by atoms with van der Waals surface area (Å²) >= 11 is 5.33. The Balaban J connectivity index is 2.03. The van der Waals surface area contributed by atoms with Crippen molar-refractivity contribution in [2.45, 2.75) is 0 Å². The minimum Gasteiger partial charge on any atom is -0.343 e. The zero-order valence-electron chi connectivity index (χ0n) is 7.66. The number of anilines is 1. The molecule has 0 fully saturated rings. The zero-order chi connectivity index (χ0) is 9.80. The molecule has 1 aliphatic rings. The van der Waals surface area contributed by atoms with Crippen LogP contribution in [0.25, 0.3) is 0 Å². The van der Waals surface area contributed by atoms with E-state index in [9.17, 15) is 0 Å². The number of benzene rings is 1. The monoisotopic (exact) mass is 270 g/mol. The summed E-state index contributed by atoms with van der Waals surface area (Å²) in [7, 11) is 0. The van der Waals surface area contributed by atoms with Crippen LogP contribution < -0.4 is 5.32 Å². The van der Waals surface area contributed by atoms with Crippen molar-refractivity contribution in [2.24, 2.45) is 4.99 Å². The van der Waals surface area contributed by atoms with Crippen molar-refractivity contribution in [1.82, 2.24) is 0 Å². The first-order chi connectivity index (χ1) is 6.84. The van der Waals surface area contributed by atoms with Gasteiger partial charge in [0.05, 0.1) is 12.3 Å². The summed E-state index contributed by atoms with van der Waals surface area (Å²) in [5.74, 6) is 3.23. The minimum atomic E-state index is 0.934. The molecule has 0 aromatic heterocycles. The molecule has 0 unspecified atom stereocenters. The molecule has 0 aliphatic carbocycles. The van der Waals surface area contributed by atoms with Gasteiger partial charge in [-0.1, -0.05) is 15.9 Å². The van der Waals surface area contributed by atoms with Crippen LogP contribution in [0.1, 0.15) is 0 Å². The molecule has 0 saturated carbocycles. The summed E-state index contributed by atoms with van der Waals surface area (Å²) in [4.78, 5) is 4.42. The van der Waals surface area contributed by atoms with Crippen LogP contribution >= 0.6 is 27.7 Å². The fraction of sp³-hybridized carbons (Fsp3) is 0.300. The molecule has 0 atom stereocenters. The lowest BCUT2D eigenvalue weighted by atomic mass is 10.3. The number of nitrogens with zero attached hydrogens (tertiary/aromatic N) is 1. The van der Waals surface area contributed by atoms with E-state index in [2.05, 4.69) is 26.2 Å². The Kier molecular flexibility index (Phi) is 3.48. The molecule has 1 aromatic rings. The van der Waals surface area contributed by atoms with Crippen LogP contribution in [-0.4, -0.2) is 23.9 Å². The fourth-order valence-corrected chi connectivity index (χ4v) is 2.22. The lowest BCUT2D eigenvalue weighted by molar-refractivity contribution is 1.12. The molecule has 74 valence electrons. The Labute approximate surface area is 96.3 Å². The third-order valence-electron chi connectivity index (χ3n) is 1.91. The van der Waals surface area contributed by atoms with E-state index in [1.54, 1.807) is 0 Å². The average molecular weight is 271 g/mol. The predicted octanol–water partition coefficient (Wildman–Crippen LogP) is 3.01. The predicted molar refractivity (Wildman–Crippen MR) is 67.4 cm³/mol. The molecule has 14 heavy (non-hydrogen) atoms. The number of nitrogens with one attached hydrogen (secondary N) is 1. The van der Waals surface area contributed by atoms with Crippen molar-refractivity contribution in [1.29, 1.82) is 0 Å². The highest BCUT2D eigenvalue weighted by Gasteiger charge is 2.04. The maximum absolute atomic E-state index is 4.42. The first-order valence-corrected chi connectivity index (χ1v) is 6.43. The van der Waals surface area contributed by atoms with Gasteiger partial charge in [0.2, 0.25) is 0 Å². The number of aliphatic imine (C=N–C) groups is 1. The van der Waals surface area contributed by atoms with E-state index in [0.717, 1.165) is 34.0 Å². The molecule has 0 amide bonds. The van der Waals surface area contributed by atoms with E-state index in [1.807, 2.05) is 36.0 Å². The molecular weight excluding hydrogens is 260 g/mol. The van der Waals surface area contributed by atoms with Gasteiger partial charge in [0.15, 0.2) is 0 Å². The van der Waals surface area contributed by atoms with Gasteiger partial charge in [0, 0.05) is 15.9 Å². The lowest BCUT2D eigenvalue weighted by Gasteiger charge is -2.13. The van der Waals surface area contributed by atoms with Crippen molar-refractivity contribution in [2.75, 3.05) is 23.4 Å². The number of hydrogen-bond donors (Lipinski definition) is 1. The number of amidine groups is 1. The third-order valence-corrected chi connectivity index (χ3v) is 3.39. The second-order valence-corrected chi connectivity index (χ2v) is 5.03. The second kappa shape index (κ2) is 4.84. The van der Waals surface area contributed by atoms with Crippen molar-refractivity contribution in [3.63, 3.8) is 0 Å². The normalized spacial score (nSPS) is 16.2. The van der Waals surface area contributed by atoms with Crippen LogP contribution in [0.4, 0.5) is 5.69 Å². The standard InChI is InChI=1S/C10H11BrN2S/c11-8-1-3-9(4-2-8)13-10-7-14-6-5-12-10/h1-4H,5-7H2,(H,12,13). The maximum Gasteiger partial charge on any atom is 0.111 e. The SMILES string of the molecule is Brc1ccc(NC2=NCCSC2)cc1. The molecule has 1 N–H and O–H groups in total. The van der Waals surface area contributed by atoms with Crippen molar-refractivity contribution in [3.8, 4) is 0 Å². The number of hydrogen-bond acceptors (Lipinski definition) is 3. The highest BCUT2D eigenvalue weighted by Crippen LogP contribution is 2.15. The quantitative estimate of drug-likeness (QED) is 0.849. The zero-order valence-corrected chi connectivity index (χ0v) is 10.1. The number of rotatable bonds is 1. The van der Waals surface area contributed by atoms with E-state index in [4.69, 9.17) is 0 Å². The molecule has 0 saturated heterocycles. The second-order valence-electron chi connectivity index (χ2n) is 3.01. The van der Waals surface area contributed by atoms with E-state index in [0.29, 0.717) is 0 Å². The summed E-state index contributed by atoms with van der Waals surface area (Å²) in [6, 6.07) is 8.15. The first-order valence-electron chi connectivity index (χ1n) is 4.48. The van der Waals surface area contributed by atoms with Gasteiger partial charge in [-0.3, -0.25) is 4.99 Å². The maximum atomic E-state index is 4.42. The summed E-state index contributed by atoms with van der Waals surface area (Å²) in [6.45, 7) is 0.934. The summed E-state index contributed by atoms with van der Waals surface area (Å²) in [5.41, 5.74) is 1.11. The van der Waals surface area contributed by atoms with E-state index in [1.165, 1.54) is 0 Å². The van der Waals surface area contributed by atoms with Gasteiger partial charge in [0.1, 0.15) is 5.84 Å². The fourth-order valence-electron chi connectivity index (χ4n) is 1.24. The topological polar surface area (TPSA) is 24.4 Å². The van der Waals surface area contributed by atoms with Gasteiger partial charge in [0.25, 0.3) is 0 Å². The van der Waals surface area contributed by atoms with Crippen LogP contribution in [-0.2, 0) is 0 Å². The van der Waals surface area contributed by atoms with E-state index in [-0.39, 0.29) is 0 Å². The van der Waals surface area contributed by atoms with Crippen LogP contribution in [0.2, 0.25) is 0 Å². The van der Waals surface area contributed by atoms with Gasteiger partial charge in [-0.15, -0.1) is 0 Å². The molecule has 4 heteroatoms. The molecular formula is C10H11BrN2S. The van der Waals surface area contributed by atoms with E-state index < -0.39 is 0 Å². The van der Waals surface area contributed by atoms with Gasteiger partial charge >= 0.3 is 0 Å². The van der Waals surface area contributed by atoms with Crippen molar-refractivity contribution < 1.29 is 0 Å². The van der Waals surface area contributed by atoms with Gasteiger partial charge in [-0.2, -0.15) is 11.8 Å². The largest absolute Gasteiger partial charge is 0.343 e. The van der Waals surface area contributed by atoms with Crippen LogP contribution in [0, 0.1) is 0 Å². The third kappa shape index (κ3) is 2.75. The first kappa shape index (κ1) is 10.1. The van der Waals surface area contributed by atoms with Crippen LogP contribution in [0.3, 0.4) is 0 Å². The lowest BCUT2D eigenvalue weighted by Crippen LogP contribution is -2.19. The summed E-state index contributed by atoms with van der Waals surface area (Å²) in [5, 5.41) is 3.32. The molecule has 1 aromatic carbocycles. The van der Waals surface area contributed by atoms with Gasteiger partial charge in [-0.25, -0.2) is 0 Å². The highest BCUT2D eigenvalue weighted by atomic mass is 79.9. The van der Waals surface area contributed by atoms with E-state index >= 15 is 0 Å². The van der Waals surface area contributed by atoms with Crippen LogP contribution in [0.5, 0.6) is 0 Å². The Morgan fingerprint density at radius 2 is 2.07 bits per heavy atom. The summed E-state index contributed by atoms with van der Waals surface area (Å²) < 4.78 is 1.10. The molecule has 2 rings (SSSR count). The highest BCUT2D eigenvalue weighted by molar-refractivity contribution is 9.10. The summed E-state index contributed by atoms with van der Waals surface area (Å²) in [6.07, 6.45) is 0. The van der Waals surface area contributed by atoms with Crippen molar-refractivity contribution >= 4 is 39.2 Å². The smallest absolute Gasteiger partial charge is 0.111 e. The molecule has 0 bridgehead atoms. The van der Waals surface area contributed by atoms with Gasteiger partial charge in [-0.05, 0) is 24.3 Å². The Morgan fingerprint density at radius 3 is 2.71 bits per heavy atom. The molecule has 1 heterocycles. The Morgan fingerprint density at radius 1 is 1.29 bits per heavy atom.